The predicted octanol–water partition coefficient (Wildman–Crippen LogP) is 3.79. The molecule has 1 unspecified atom stereocenters. The van der Waals surface area contributed by atoms with Crippen molar-refractivity contribution in [2.75, 3.05) is 16.4 Å². The van der Waals surface area contributed by atoms with Crippen LogP contribution in [-0.2, 0) is 16.0 Å². The molecule has 0 fully saturated rings. The molecule has 1 heterocycles. The highest BCUT2D eigenvalue weighted by Gasteiger charge is 2.24. The van der Waals surface area contributed by atoms with Crippen molar-refractivity contribution in [3.63, 3.8) is 0 Å². The quantitative estimate of drug-likeness (QED) is 0.895. The predicted molar refractivity (Wildman–Crippen MR) is 96.5 cm³/mol. The first-order valence-corrected chi connectivity index (χ1v) is 9.12. The standard InChI is InChI=1S/C19H18N2O2S/c22-18(9-13-6-5-12-3-1-2-4-15(12)13)20-14-7-8-17-16(10-14)21-19(23)11-24-17/h1-4,7-8,10,13H,5-6,9,11H2,(H,20,22)(H,21,23). The molecule has 1 atom stereocenters. The lowest BCUT2D eigenvalue weighted by Gasteiger charge is -2.17. The Labute approximate surface area is 145 Å². The number of aryl methyl sites for hydroxylation is 1. The van der Waals surface area contributed by atoms with Crippen molar-refractivity contribution < 1.29 is 9.59 Å². The highest BCUT2D eigenvalue weighted by atomic mass is 32.2. The second-order valence-corrected chi connectivity index (χ2v) is 7.25. The summed E-state index contributed by atoms with van der Waals surface area (Å²) in [6, 6.07) is 14.0. The van der Waals surface area contributed by atoms with Gasteiger partial charge in [-0.1, -0.05) is 24.3 Å². The van der Waals surface area contributed by atoms with Crippen molar-refractivity contribution in [1.29, 1.82) is 0 Å². The molecular formula is C19H18N2O2S. The number of nitrogens with one attached hydrogen (secondary N) is 2. The molecule has 4 rings (SSSR count). The number of thioether (sulfide) groups is 1. The molecule has 122 valence electrons. The first-order chi connectivity index (χ1) is 11.7. The van der Waals surface area contributed by atoms with Crippen LogP contribution in [0.3, 0.4) is 0 Å². The third-order valence-corrected chi connectivity index (χ3v) is 5.66. The summed E-state index contributed by atoms with van der Waals surface area (Å²) in [5.74, 6) is 0.763. The van der Waals surface area contributed by atoms with Crippen LogP contribution in [0.15, 0.2) is 47.4 Å². The summed E-state index contributed by atoms with van der Waals surface area (Å²) in [5.41, 5.74) is 4.18. The Morgan fingerprint density at radius 1 is 1.25 bits per heavy atom. The minimum Gasteiger partial charge on any atom is -0.326 e. The van der Waals surface area contributed by atoms with Gasteiger partial charge >= 0.3 is 0 Å². The molecule has 0 radical (unpaired) electrons. The molecule has 2 N–H and O–H groups in total. The second kappa shape index (κ2) is 6.32. The van der Waals surface area contributed by atoms with E-state index in [1.807, 2.05) is 24.3 Å². The van der Waals surface area contributed by atoms with E-state index >= 15 is 0 Å². The van der Waals surface area contributed by atoms with Crippen LogP contribution in [0.2, 0.25) is 0 Å². The lowest BCUT2D eigenvalue weighted by atomic mass is 9.97. The third-order valence-electron chi connectivity index (χ3n) is 4.59. The van der Waals surface area contributed by atoms with E-state index < -0.39 is 0 Å². The van der Waals surface area contributed by atoms with Gasteiger partial charge < -0.3 is 10.6 Å². The molecule has 1 aliphatic heterocycles. The van der Waals surface area contributed by atoms with Gasteiger partial charge in [0.2, 0.25) is 11.8 Å². The van der Waals surface area contributed by atoms with E-state index in [-0.39, 0.29) is 11.8 Å². The highest BCUT2D eigenvalue weighted by Crippen LogP contribution is 2.36. The Bertz CT molecular complexity index is 819. The fraction of sp³-hybridized carbons (Fsp3) is 0.263. The van der Waals surface area contributed by atoms with Gasteiger partial charge in [0.1, 0.15) is 0 Å². The van der Waals surface area contributed by atoms with Gasteiger partial charge in [-0.15, -0.1) is 11.8 Å². The molecule has 2 aromatic carbocycles. The van der Waals surface area contributed by atoms with Gasteiger partial charge in [-0.2, -0.15) is 0 Å². The van der Waals surface area contributed by atoms with Crippen LogP contribution in [0.1, 0.15) is 29.9 Å². The minimum absolute atomic E-state index is 0.00135. The van der Waals surface area contributed by atoms with E-state index in [2.05, 4.69) is 28.8 Å². The Morgan fingerprint density at radius 2 is 2.12 bits per heavy atom. The molecule has 0 spiro atoms. The lowest BCUT2D eigenvalue weighted by molar-refractivity contribution is -0.116. The number of fused-ring (bicyclic) bond motifs is 2. The fourth-order valence-corrected chi connectivity index (χ4v) is 4.24. The zero-order valence-electron chi connectivity index (χ0n) is 13.2. The summed E-state index contributed by atoms with van der Waals surface area (Å²) in [4.78, 5) is 24.9. The van der Waals surface area contributed by atoms with Gasteiger partial charge in [0, 0.05) is 17.0 Å². The summed E-state index contributed by atoms with van der Waals surface area (Å²) < 4.78 is 0. The van der Waals surface area contributed by atoms with E-state index in [9.17, 15) is 9.59 Å². The number of carbonyl (C=O) groups excluding carboxylic acids is 2. The van der Waals surface area contributed by atoms with Crippen molar-refractivity contribution in [3.05, 3.63) is 53.6 Å². The number of carbonyl (C=O) groups is 2. The smallest absolute Gasteiger partial charge is 0.234 e. The van der Waals surface area contributed by atoms with Crippen LogP contribution in [0.5, 0.6) is 0 Å². The van der Waals surface area contributed by atoms with Gasteiger partial charge in [0.15, 0.2) is 0 Å². The van der Waals surface area contributed by atoms with E-state index in [1.165, 1.54) is 22.9 Å². The van der Waals surface area contributed by atoms with E-state index in [1.54, 1.807) is 0 Å². The van der Waals surface area contributed by atoms with Gasteiger partial charge in [-0.25, -0.2) is 0 Å². The average Bonchev–Trinajstić information content (AvgIpc) is 2.97. The number of rotatable bonds is 3. The molecule has 2 amide bonds. The Balaban J connectivity index is 1.44. The van der Waals surface area contributed by atoms with Gasteiger partial charge in [0.25, 0.3) is 0 Å². The van der Waals surface area contributed by atoms with E-state index in [4.69, 9.17) is 0 Å². The molecule has 0 aromatic heterocycles. The van der Waals surface area contributed by atoms with Crippen molar-refractivity contribution in [2.24, 2.45) is 0 Å². The minimum atomic E-state index is -0.00135. The summed E-state index contributed by atoms with van der Waals surface area (Å²) in [6.45, 7) is 0. The molecule has 1 aliphatic carbocycles. The maximum absolute atomic E-state index is 12.4. The average molecular weight is 338 g/mol. The first kappa shape index (κ1) is 15.3. The highest BCUT2D eigenvalue weighted by molar-refractivity contribution is 8.00. The SMILES string of the molecule is O=C(CC1CCc2ccccc21)Nc1ccc2c(c1)NC(=O)CS2. The van der Waals surface area contributed by atoms with E-state index in [0.717, 1.165) is 29.1 Å². The summed E-state index contributed by atoms with van der Waals surface area (Å²) in [6.07, 6.45) is 2.58. The molecular weight excluding hydrogens is 320 g/mol. The zero-order valence-corrected chi connectivity index (χ0v) is 14.0. The summed E-state index contributed by atoms with van der Waals surface area (Å²) in [7, 11) is 0. The number of amides is 2. The number of hydrogen-bond acceptors (Lipinski definition) is 3. The Hall–Kier alpha value is -2.27. The third kappa shape index (κ3) is 3.04. The van der Waals surface area contributed by atoms with Crippen LogP contribution in [0.25, 0.3) is 0 Å². The fourth-order valence-electron chi connectivity index (χ4n) is 3.45. The maximum Gasteiger partial charge on any atom is 0.234 e. The van der Waals surface area contributed by atoms with Crippen LogP contribution >= 0.6 is 11.8 Å². The topological polar surface area (TPSA) is 58.2 Å². The summed E-state index contributed by atoms with van der Waals surface area (Å²) >= 11 is 1.52. The van der Waals surface area contributed by atoms with Gasteiger partial charge in [0.05, 0.1) is 11.4 Å². The Morgan fingerprint density at radius 3 is 3.04 bits per heavy atom. The van der Waals surface area contributed by atoms with Crippen molar-refractivity contribution in [1.82, 2.24) is 0 Å². The second-order valence-electron chi connectivity index (χ2n) is 6.23. The molecule has 0 bridgehead atoms. The molecule has 0 saturated carbocycles. The number of anilines is 2. The monoisotopic (exact) mass is 338 g/mol. The van der Waals surface area contributed by atoms with Crippen LogP contribution in [-0.4, -0.2) is 17.6 Å². The van der Waals surface area contributed by atoms with Crippen LogP contribution in [0.4, 0.5) is 11.4 Å². The normalized spacial score (nSPS) is 18.5. The molecule has 5 heteroatoms. The van der Waals surface area contributed by atoms with Crippen LogP contribution in [0, 0.1) is 0 Å². The Kier molecular flexibility index (Phi) is 4.02. The number of benzene rings is 2. The zero-order chi connectivity index (χ0) is 16.5. The number of hydrogen-bond donors (Lipinski definition) is 2. The van der Waals surface area contributed by atoms with E-state index in [0.29, 0.717) is 18.1 Å². The van der Waals surface area contributed by atoms with Gasteiger partial charge in [-0.05, 0) is 48.1 Å². The lowest BCUT2D eigenvalue weighted by Crippen LogP contribution is -2.19. The summed E-state index contributed by atoms with van der Waals surface area (Å²) in [5, 5.41) is 5.81. The van der Waals surface area contributed by atoms with Gasteiger partial charge in [-0.3, -0.25) is 9.59 Å². The molecule has 4 nitrogen and oxygen atoms in total. The maximum atomic E-state index is 12.4. The van der Waals surface area contributed by atoms with Crippen molar-refractivity contribution in [2.45, 2.75) is 30.1 Å². The van der Waals surface area contributed by atoms with Crippen molar-refractivity contribution >= 4 is 35.0 Å². The molecule has 2 aromatic rings. The molecule has 0 saturated heterocycles. The van der Waals surface area contributed by atoms with Crippen molar-refractivity contribution in [3.8, 4) is 0 Å². The van der Waals surface area contributed by atoms with Crippen LogP contribution < -0.4 is 10.6 Å². The largest absolute Gasteiger partial charge is 0.326 e. The molecule has 24 heavy (non-hydrogen) atoms. The molecule has 2 aliphatic rings. The first-order valence-electron chi connectivity index (χ1n) is 8.13.